The van der Waals surface area contributed by atoms with Crippen LogP contribution in [-0.4, -0.2) is 35.6 Å². The van der Waals surface area contributed by atoms with Gasteiger partial charge in [-0.05, 0) is 48.3 Å². The van der Waals surface area contributed by atoms with Gasteiger partial charge in [-0.1, -0.05) is 34.6 Å². The van der Waals surface area contributed by atoms with Gasteiger partial charge in [-0.15, -0.1) is 0 Å². The molecule has 0 fully saturated rings. The van der Waals surface area contributed by atoms with Crippen molar-refractivity contribution in [3.05, 3.63) is 40.2 Å². The normalized spacial score (nSPS) is 11.9. The number of amides is 1. The minimum absolute atomic E-state index is 0.0274. The summed E-state index contributed by atoms with van der Waals surface area (Å²) in [5, 5.41) is 0.934. The van der Waals surface area contributed by atoms with E-state index in [1.807, 2.05) is 56.9 Å². The fraction of sp³-hybridized carbons (Fsp3) is 0.565. The van der Waals surface area contributed by atoms with Crippen LogP contribution in [-0.2, 0) is 16.8 Å². The van der Waals surface area contributed by atoms with Crippen LogP contribution in [0.1, 0.15) is 53.5 Å². The summed E-state index contributed by atoms with van der Waals surface area (Å²) < 4.78 is 6.95. The van der Waals surface area contributed by atoms with Crippen LogP contribution in [0.15, 0.2) is 29.1 Å². The van der Waals surface area contributed by atoms with Crippen molar-refractivity contribution in [1.82, 2.24) is 9.47 Å². The van der Waals surface area contributed by atoms with E-state index in [-0.39, 0.29) is 23.4 Å². The van der Waals surface area contributed by atoms with E-state index in [1.54, 1.807) is 11.7 Å². The Balaban J connectivity index is 2.55. The van der Waals surface area contributed by atoms with Gasteiger partial charge in [0, 0.05) is 24.7 Å². The number of benzene rings is 1. The molecule has 1 aromatic heterocycles. The Morgan fingerprint density at radius 3 is 2.43 bits per heavy atom. The fourth-order valence-electron chi connectivity index (χ4n) is 3.28. The lowest BCUT2D eigenvalue weighted by Gasteiger charge is -2.25. The van der Waals surface area contributed by atoms with Crippen molar-refractivity contribution in [3.8, 4) is 5.75 Å². The number of aromatic nitrogens is 1. The quantitative estimate of drug-likeness (QED) is 0.716. The van der Waals surface area contributed by atoms with E-state index in [4.69, 9.17) is 4.74 Å². The Morgan fingerprint density at radius 2 is 1.89 bits per heavy atom. The predicted molar refractivity (Wildman–Crippen MR) is 115 cm³/mol. The largest absolute Gasteiger partial charge is 0.497 e. The zero-order valence-corrected chi connectivity index (χ0v) is 18.3. The van der Waals surface area contributed by atoms with Crippen LogP contribution < -0.4 is 10.3 Å². The van der Waals surface area contributed by atoms with E-state index in [9.17, 15) is 9.59 Å². The zero-order chi connectivity index (χ0) is 21.1. The third-order valence-corrected chi connectivity index (χ3v) is 5.12. The van der Waals surface area contributed by atoms with Crippen molar-refractivity contribution in [1.29, 1.82) is 0 Å². The monoisotopic (exact) mass is 386 g/mol. The van der Waals surface area contributed by atoms with Crippen molar-refractivity contribution in [2.75, 3.05) is 20.2 Å². The number of ether oxygens (including phenoxy) is 1. The molecule has 5 heteroatoms. The number of hydrogen-bond acceptors (Lipinski definition) is 3. The van der Waals surface area contributed by atoms with Crippen LogP contribution in [0.25, 0.3) is 10.9 Å². The summed E-state index contributed by atoms with van der Waals surface area (Å²) in [7, 11) is 1.60. The van der Waals surface area contributed by atoms with Gasteiger partial charge < -0.3 is 9.64 Å². The minimum Gasteiger partial charge on any atom is -0.497 e. The summed E-state index contributed by atoms with van der Waals surface area (Å²) in [4.78, 5) is 28.1. The van der Waals surface area contributed by atoms with Crippen molar-refractivity contribution < 1.29 is 9.53 Å². The highest BCUT2D eigenvalue weighted by Crippen LogP contribution is 2.25. The van der Waals surface area contributed by atoms with Gasteiger partial charge in [-0.25, -0.2) is 0 Å². The zero-order valence-electron chi connectivity index (χ0n) is 18.3. The van der Waals surface area contributed by atoms with E-state index in [0.717, 1.165) is 17.3 Å². The topological polar surface area (TPSA) is 51.5 Å². The number of hydrogen-bond donors (Lipinski definition) is 0. The molecule has 0 bridgehead atoms. The Bertz CT molecular complexity index is 891. The number of fused-ring (bicyclic) bond motifs is 1. The molecule has 1 amide bonds. The molecule has 2 aromatic rings. The summed E-state index contributed by atoms with van der Waals surface area (Å²) in [6.45, 7) is 13.7. The van der Waals surface area contributed by atoms with Crippen molar-refractivity contribution in [2.45, 2.75) is 59.9 Å². The highest BCUT2D eigenvalue weighted by molar-refractivity contribution is 5.84. The third-order valence-electron chi connectivity index (χ3n) is 5.12. The Hall–Kier alpha value is -2.30. The first-order valence-electron chi connectivity index (χ1n) is 10.1. The number of nitrogens with zero attached hydrogens (tertiary/aromatic N) is 2. The van der Waals surface area contributed by atoms with E-state index in [2.05, 4.69) is 13.8 Å². The maximum absolute atomic E-state index is 13.3. The first-order chi connectivity index (χ1) is 13.1. The van der Waals surface area contributed by atoms with Gasteiger partial charge in [-0.3, -0.25) is 14.2 Å². The molecule has 0 radical (unpaired) electrons. The number of methoxy groups -OCH3 is 1. The van der Waals surface area contributed by atoms with Crippen LogP contribution >= 0.6 is 0 Å². The number of pyridine rings is 1. The molecule has 28 heavy (non-hydrogen) atoms. The van der Waals surface area contributed by atoms with E-state index in [0.29, 0.717) is 30.3 Å². The summed E-state index contributed by atoms with van der Waals surface area (Å²) in [6.07, 6.45) is 0.949. The average molecular weight is 387 g/mol. The highest BCUT2D eigenvalue weighted by atomic mass is 16.5. The highest BCUT2D eigenvalue weighted by Gasteiger charge is 2.23. The number of likely N-dealkylation sites (N-methyl/N-ethyl adjacent to an activating group) is 1. The Kier molecular flexibility index (Phi) is 6.91. The summed E-state index contributed by atoms with van der Waals surface area (Å²) in [5.41, 5.74) is 1.02. The second-order valence-corrected chi connectivity index (χ2v) is 8.78. The molecule has 0 saturated carbocycles. The van der Waals surface area contributed by atoms with E-state index in [1.165, 1.54) is 0 Å². The SMILES string of the molecule is CCN(CCC(C)C)C(=O)Cn1c(=O)c(C(C)(C)C)cc2ccc(OC)cc21. The molecule has 0 unspecified atom stereocenters. The standard InChI is InChI=1S/C23H34N2O3/c1-8-24(12-11-16(2)3)21(26)15-25-20-14-18(28-7)10-9-17(20)13-19(22(25)27)23(4,5)6/h9-10,13-14,16H,8,11-12,15H2,1-7H3. The Labute approximate surface area is 168 Å². The molecule has 154 valence electrons. The number of carbonyl (C=O) groups excluding carboxylic acids is 1. The van der Waals surface area contributed by atoms with Gasteiger partial charge in [0.05, 0.1) is 12.6 Å². The molecule has 0 N–H and O–H groups in total. The van der Waals surface area contributed by atoms with Gasteiger partial charge >= 0.3 is 0 Å². The molecule has 2 rings (SSSR count). The first kappa shape index (κ1) is 22.0. The van der Waals surface area contributed by atoms with Crippen LogP contribution in [0.4, 0.5) is 0 Å². The lowest BCUT2D eigenvalue weighted by atomic mass is 9.87. The van der Waals surface area contributed by atoms with Gasteiger partial charge in [-0.2, -0.15) is 0 Å². The van der Waals surface area contributed by atoms with Crippen molar-refractivity contribution >= 4 is 16.8 Å². The number of carbonyl (C=O) groups is 1. The maximum Gasteiger partial charge on any atom is 0.255 e. The molecule has 0 atom stereocenters. The fourth-order valence-corrected chi connectivity index (χ4v) is 3.28. The summed E-state index contributed by atoms with van der Waals surface area (Å²) in [6, 6.07) is 7.60. The second-order valence-electron chi connectivity index (χ2n) is 8.78. The molecule has 5 nitrogen and oxygen atoms in total. The van der Waals surface area contributed by atoms with Gasteiger partial charge in [0.1, 0.15) is 12.3 Å². The Morgan fingerprint density at radius 1 is 1.21 bits per heavy atom. The molecular weight excluding hydrogens is 352 g/mol. The molecule has 1 aromatic carbocycles. The summed E-state index contributed by atoms with van der Waals surface area (Å²) in [5.74, 6) is 1.17. The molecule has 0 aliphatic heterocycles. The molecule has 0 aliphatic rings. The molecule has 0 saturated heterocycles. The average Bonchev–Trinajstić information content (AvgIpc) is 2.62. The summed E-state index contributed by atoms with van der Waals surface area (Å²) >= 11 is 0. The van der Waals surface area contributed by atoms with Crippen LogP contribution in [0.3, 0.4) is 0 Å². The minimum atomic E-state index is -0.307. The van der Waals surface area contributed by atoms with E-state index >= 15 is 0 Å². The molecule has 0 aliphatic carbocycles. The predicted octanol–water partition coefficient (Wildman–Crippen LogP) is 4.20. The van der Waals surface area contributed by atoms with Gasteiger partial charge in [0.25, 0.3) is 5.56 Å². The molecule has 0 spiro atoms. The third kappa shape index (κ3) is 4.94. The van der Waals surface area contributed by atoms with Gasteiger partial charge in [0.15, 0.2) is 0 Å². The second kappa shape index (κ2) is 8.80. The van der Waals surface area contributed by atoms with Crippen molar-refractivity contribution in [3.63, 3.8) is 0 Å². The molecular formula is C23H34N2O3. The van der Waals surface area contributed by atoms with E-state index < -0.39 is 0 Å². The maximum atomic E-state index is 13.3. The van der Waals surface area contributed by atoms with Gasteiger partial charge in [0.2, 0.25) is 5.91 Å². The van der Waals surface area contributed by atoms with Crippen molar-refractivity contribution in [2.24, 2.45) is 5.92 Å². The smallest absolute Gasteiger partial charge is 0.255 e. The molecule has 1 heterocycles. The van der Waals surface area contributed by atoms with Crippen LogP contribution in [0, 0.1) is 5.92 Å². The van der Waals surface area contributed by atoms with Crippen LogP contribution in [0.5, 0.6) is 5.75 Å². The first-order valence-corrected chi connectivity index (χ1v) is 10.1. The lowest BCUT2D eigenvalue weighted by molar-refractivity contribution is -0.131. The lowest BCUT2D eigenvalue weighted by Crippen LogP contribution is -2.39. The van der Waals surface area contributed by atoms with Crippen LogP contribution in [0.2, 0.25) is 0 Å². The number of rotatable bonds is 7.